The molecule has 0 aromatic carbocycles. The van der Waals surface area contributed by atoms with Crippen molar-refractivity contribution in [3.05, 3.63) is 0 Å². The summed E-state index contributed by atoms with van der Waals surface area (Å²) < 4.78 is 23.2. The zero-order chi connectivity index (χ0) is 11.8. The summed E-state index contributed by atoms with van der Waals surface area (Å²) in [5.74, 6) is -2.18. The summed E-state index contributed by atoms with van der Waals surface area (Å²) in [6.07, 6.45) is 0. The van der Waals surface area contributed by atoms with Gasteiger partial charge in [0.1, 0.15) is 0 Å². The van der Waals surface area contributed by atoms with Crippen molar-refractivity contribution in [2.75, 3.05) is 5.75 Å². The van der Waals surface area contributed by atoms with Crippen molar-refractivity contribution < 1.29 is 18.0 Å². The zero-order valence-electron chi connectivity index (χ0n) is 8.98. The molecule has 0 aliphatic carbocycles. The van der Waals surface area contributed by atoms with Gasteiger partial charge in [0.25, 0.3) is 0 Å². The van der Waals surface area contributed by atoms with Crippen LogP contribution in [0, 0.1) is 11.8 Å². The second-order valence-corrected chi connectivity index (χ2v) is 6.47. The van der Waals surface area contributed by atoms with Gasteiger partial charge < -0.3 is 0 Å². The van der Waals surface area contributed by atoms with Crippen molar-refractivity contribution in [3.63, 3.8) is 0 Å². The summed E-state index contributed by atoms with van der Waals surface area (Å²) >= 11 is 0. The summed E-state index contributed by atoms with van der Waals surface area (Å²) in [7, 11) is -3.28. The summed E-state index contributed by atoms with van der Waals surface area (Å²) in [6.45, 7) is 4.59. The van der Waals surface area contributed by atoms with Crippen LogP contribution in [-0.2, 0) is 19.4 Å². The van der Waals surface area contributed by atoms with Gasteiger partial charge in [-0.05, 0) is 6.92 Å². The van der Waals surface area contributed by atoms with E-state index >= 15 is 0 Å². The molecule has 3 unspecified atom stereocenters. The van der Waals surface area contributed by atoms with E-state index in [9.17, 15) is 18.0 Å². The molecule has 1 fully saturated rings. The molecule has 15 heavy (non-hydrogen) atoms. The van der Waals surface area contributed by atoms with E-state index in [0.717, 1.165) is 0 Å². The molecular formula is C9H15NO4S. The molecule has 1 aliphatic rings. The maximum Gasteiger partial charge on any atom is 0.231 e. The zero-order valence-corrected chi connectivity index (χ0v) is 9.80. The third-order valence-electron chi connectivity index (χ3n) is 2.98. The maximum atomic E-state index is 11.6. The predicted octanol–water partition coefficient (Wildman–Crippen LogP) is -0.282. The summed E-state index contributed by atoms with van der Waals surface area (Å²) in [6, 6.07) is 0. The third kappa shape index (κ3) is 2.04. The lowest BCUT2D eigenvalue weighted by atomic mass is 9.94. The van der Waals surface area contributed by atoms with Crippen LogP contribution in [0.3, 0.4) is 0 Å². The van der Waals surface area contributed by atoms with Crippen LogP contribution in [0.4, 0.5) is 0 Å². The molecule has 6 heteroatoms. The van der Waals surface area contributed by atoms with Crippen LogP contribution in [-0.4, -0.2) is 31.2 Å². The van der Waals surface area contributed by atoms with E-state index in [1.165, 1.54) is 13.8 Å². The molecule has 0 bridgehead atoms. The smallest absolute Gasteiger partial charge is 0.231 e. The van der Waals surface area contributed by atoms with Gasteiger partial charge in [0, 0.05) is 11.7 Å². The lowest BCUT2D eigenvalue weighted by Crippen LogP contribution is -2.35. The van der Waals surface area contributed by atoms with E-state index in [0.29, 0.717) is 0 Å². The van der Waals surface area contributed by atoms with Crippen LogP contribution in [0.2, 0.25) is 0 Å². The monoisotopic (exact) mass is 233 g/mol. The van der Waals surface area contributed by atoms with Gasteiger partial charge in [-0.2, -0.15) is 0 Å². The molecule has 0 radical (unpaired) electrons. The number of hydrogen-bond donors (Lipinski definition) is 1. The summed E-state index contributed by atoms with van der Waals surface area (Å²) in [5.41, 5.74) is 0. The van der Waals surface area contributed by atoms with Crippen molar-refractivity contribution in [2.45, 2.75) is 26.0 Å². The first-order valence-electron chi connectivity index (χ1n) is 4.87. The first-order valence-corrected chi connectivity index (χ1v) is 6.59. The minimum atomic E-state index is -3.28. The van der Waals surface area contributed by atoms with Crippen LogP contribution in [0.1, 0.15) is 20.8 Å². The predicted molar refractivity (Wildman–Crippen MR) is 54.7 cm³/mol. The molecule has 1 saturated heterocycles. The molecule has 5 nitrogen and oxygen atoms in total. The van der Waals surface area contributed by atoms with Crippen molar-refractivity contribution in [1.82, 2.24) is 5.32 Å². The van der Waals surface area contributed by atoms with E-state index in [-0.39, 0.29) is 11.7 Å². The molecule has 3 atom stereocenters. The average Bonchev–Trinajstić information content (AvgIpc) is 2.40. The number of sulfone groups is 1. The normalized spacial score (nSPS) is 29.0. The Morgan fingerprint density at radius 2 is 1.87 bits per heavy atom. The maximum absolute atomic E-state index is 11.6. The van der Waals surface area contributed by atoms with Crippen molar-refractivity contribution >= 4 is 21.7 Å². The Bertz CT molecular complexity index is 387. The highest BCUT2D eigenvalue weighted by Crippen LogP contribution is 2.26. The summed E-state index contributed by atoms with van der Waals surface area (Å²) in [4.78, 5) is 22.6. The Kier molecular flexibility index (Phi) is 3.18. The minimum absolute atomic E-state index is 0.0150. The second-order valence-electron chi connectivity index (χ2n) is 3.82. The van der Waals surface area contributed by atoms with Crippen molar-refractivity contribution in [1.29, 1.82) is 0 Å². The molecule has 2 amide bonds. The number of carbonyl (C=O) groups is 2. The Balaban J connectivity index is 2.99. The second kappa shape index (κ2) is 3.92. The van der Waals surface area contributed by atoms with Gasteiger partial charge >= 0.3 is 0 Å². The Morgan fingerprint density at radius 3 is 2.20 bits per heavy atom. The van der Waals surface area contributed by atoms with Gasteiger partial charge in [-0.1, -0.05) is 13.8 Å². The Labute approximate surface area is 89.2 Å². The summed E-state index contributed by atoms with van der Waals surface area (Å²) in [5, 5.41) is 1.35. The topological polar surface area (TPSA) is 80.3 Å². The van der Waals surface area contributed by atoms with Gasteiger partial charge in [-0.15, -0.1) is 0 Å². The molecular weight excluding hydrogens is 218 g/mol. The van der Waals surface area contributed by atoms with Crippen LogP contribution in [0.5, 0.6) is 0 Å². The third-order valence-corrected chi connectivity index (χ3v) is 5.21. The first kappa shape index (κ1) is 12.2. The number of rotatable bonds is 3. The van der Waals surface area contributed by atoms with Gasteiger partial charge in [-0.25, -0.2) is 8.42 Å². The quantitative estimate of drug-likeness (QED) is 0.680. The van der Waals surface area contributed by atoms with Crippen molar-refractivity contribution in [2.24, 2.45) is 11.8 Å². The Morgan fingerprint density at radius 1 is 1.33 bits per heavy atom. The largest absolute Gasteiger partial charge is 0.296 e. The molecule has 1 aliphatic heterocycles. The molecule has 86 valence electrons. The van der Waals surface area contributed by atoms with E-state index in [1.807, 2.05) is 0 Å². The molecule has 0 spiro atoms. The van der Waals surface area contributed by atoms with E-state index in [1.54, 1.807) is 6.92 Å². The number of amides is 2. The minimum Gasteiger partial charge on any atom is -0.296 e. The number of hydrogen-bond acceptors (Lipinski definition) is 4. The Hall–Kier alpha value is -0.910. The molecule has 1 N–H and O–H groups in total. The van der Waals surface area contributed by atoms with Crippen LogP contribution < -0.4 is 5.32 Å². The van der Waals surface area contributed by atoms with E-state index in [2.05, 4.69) is 5.32 Å². The molecule has 0 saturated carbocycles. The molecule has 0 aromatic rings. The highest BCUT2D eigenvalue weighted by atomic mass is 32.2. The van der Waals surface area contributed by atoms with E-state index in [4.69, 9.17) is 0 Å². The van der Waals surface area contributed by atoms with E-state index < -0.39 is 32.8 Å². The fourth-order valence-corrected chi connectivity index (χ4v) is 3.15. The van der Waals surface area contributed by atoms with Gasteiger partial charge in [0.05, 0.1) is 11.2 Å². The molecule has 1 heterocycles. The van der Waals surface area contributed by atoms with Crippen LogP contribution in [0.25, 0.3) is 0 Å². The first-order chi connectivity index (χ1) is 6.81. The van der Waals surface area contributed by atoms with Gasteiger partial charge in [0.15, 0.2) is 9.84 Å². The SMILES string of the molecule is CCS(=O)(=O)C(C)C1C(=O)NC(=O)C1C. The number of imide groups is 1. The fourth-order valence-electron chi connectivity index (χ4n) is 1.81. The van der Waals surface area contributed by atoms with Crippen LogP contribution in [0.15, 0.2) is 0 Å². The number of carbonyl (C=O) groups excluding carboxylic acids is 2. The molecule has 0 aromatic heterocycles. The fraction of sp³-hybridized carbons (Fsp3) is 0.778. The lowest BCUT2D eigenvalue weighted by molar-refractivity contribution is -0.126. The highest BCUT2D eigenvalue weighted by molar-refractivity contribution is 7.92. The lowest BCUT2D eigenvalue weighted by Gasteiger charge is -2.18. The number of nitrogens with one attached hydrogen (secondary N) is 1. The van der Waals surface area contributed by atoms with Gasteiger partial charge in [0.2, 0.25) is 11.8 Å². The molecule has 1 rings (SSSR count). The standard InChI is InChI=1S/C9H15NO4S/c1-4-15(13,14)6(3)7-5(2)8(11)10-9(7)12/h5-7H,4H2,1-3H3,(H,10,11,12). The van der Waals surface area contributed by atoms with Gasteiger partial charge in [-0.3, -0.25) is 14.9 Å². The van der Waals surface area contributed by atoms with Crippen molar-refractivity contribution in [3.8, 4) is 0 Å². The van der Waals surface area contributed by atoms with Crippen LogP contribution >= 0.6 is 0 Å². The average molecular weight is 233 g/mol. The highest BCUT2D eigenvalue weighted by Gasteiger charge is 2.45.